The van der Waals surface area contributed by atoms with Gasteiger partial charge in [-0.15, -0.1) is 34.8 Å². The highest BCUT2D eigenvalue weighted by Crippen LogP contribution is 2.43. The second-order valence-corrected chi connectivity index (χ2v) is 7.91. The summed E-state index contributed by atoms with van der Waals surface area (Å²) in [5, 5.41) is -1.53. The van der Waals surface area contributed by atoms with Gasteiger partial charge in [0.1, 0.15) is 0 Å². The quantitative estimate of drug-likeness (QED) is 0.590. The third-order valence-electron chi connectivity index (χ3n) is 1.38. The summed E-state index contributed by atoms with van der Waals surface area (Å²) in [7, 11) is 0. The highest BCUT2D eigenvalue weighted by molar-refractivity contribution is 6.68. The van der Waals surface area contributed by atoms with E-state index in [0.717, 1.165) is 0 Å². The highest BCUT2D eigenvalue weighted by Gasteiger charge is 2.43. The molecule has 14 heavy (non-hydrogen) atoms. The van der Waals surface area contributed by atoms with Gasteiger partial charge in [-0.1, -0.05) is 58.0 Å². The molecule has 0 saturated heterocycles. The van der Waals surface area contributed by atoms with Gasteiger partial charge in [-0.3, -0.25) is 0 Å². The van der Waals surface area contributed by atoms with E-state index >= 15 is 0 Å². The van der Waals surface area contributed by atoms with E-state index in [1.54, 1.807) is 0 Å². The summed E-state index contributed by atoms with van der Waals surface area (Å²) in [5.41, 5.74) is 0. The zero-order valence-corrected chi connectivity index (χ0v) is 12.6. The Labute approximate surface area is 123 Å². The van der Waals surface area contributed by atoms with Crippen molar-refractivity contribution in [1.82, 2.24) is 0 Å². The molecular formula is C6H6Cl8. The molecule has 0 aromatic rings. The molecular weight excluding hydrogens is 356 g/mol. The smallest absolute Gasteiger partial charge is 0.125 e. The number of halogens is 8. The van der Waals surface area contributed by atoms with E-state index in [-0.39, 0.29) is 12.3 Å². The lowest BCUT2D eigenvalue weighted by Gasteiger charge is -2.30. The van der Waals surface area contributed by atoms with Crippen LogP contribution in [-0.2, 0) is 0 Å². The number of alkyl halides is 8. The van der Waals surface area contributed by atoms with Crippen LogP contribution in [0.4, 0.5) is 0 Å². The summed E-state index contributed by atoms with van der Waals surface area (Å²) in [6.45, 7) is 0. The van der Waals surface area contributed by atoms with Gasteiger partial charge < -0.3 is 0 Å². The summed E-state index contributed by atoms with van der Waals surface area (Å²) < 4.78 is -2.96. The van der Waals surface area contributed by atoms with Crippen molar-refractivity contribution in [2.75, 3.05) is 5.88 Å². The molecule has 0 nitrogen and oxygen atoms in total. The molecule has 0 aliphatic heterocycles. The minimum Gasteiger partial charge on any atom is -0.125 e. The Hall–Kier alpha value is 2.32. The van der Waals surface area contributed by atoms with E-state index < -0.39 is 18.9 Å². The SMILES string of the molecule is ClCC(Cl)C(Cl)(Cl)C(Cl)CC(Cl)(Cl)Cl. The standard InChI is InChI=1S/C6H6Cl8/c7-2-4(9)6(13,14)3(8)1-5(10,11)12/h3-4H,1-2H2. The second-order valence-electron chi connectivity index (χ2n) is 2.58. The first-order chi connectivity index (χ1) is 6.11. The highest BCUT2D eigenvalue weighted by atomic mass is 35.6. The zero-order valence-electron chi connectivity index (χ0n) is 6.59. The molecule has 0 N–H and O–H groups in total. The molecule has 2 unspecified atom stereocenters. The average molecular weight is 362 g/mol. The molecule has 2 atom stereocenters. The molecule has 0 spiro atoms. The molecule has 0 heterocycles. The van der Waals surface area contributed by atoms with Crippen LogP contribution in [0.3, 0.4) is 0 Å². The zero-order chi connectivity index (χ0) is 11.6. The van der Waals surface area contributed by atoms with E-state index in [1.165, 1.54) is 0 Å². The van der Waals surface area contributed by atoms with Crippen molar-refractivity contribution in [1.29, 1.82) is 0 Å². The van der Waals surface area contributed by atoms with Crippen molar-refractivity contribution in [3.63, 3.8) is 0 Å². The molecule has 0 saturated carbocycles. The van der Waals surface area contributed by atoms with Crippen molar-refractivity contribution in [2.45, 2.75) is 25.3 Å². The number of hydrogen-bond donors (Lipinski definition) is 0. The lowest BCUT2D eigenvalue weighted by molar-refractivity contribution is 0.654. The fraction of sp³-hybridized carbons (Fsp3) is 1.00. The summed E-state index contributed by atoms with van der Waals surface area (Å²) in [5.74, 6) is 0.0532. The Morgan fingerprint density at radius 3 is 1.57 bits per heavy atom. The van der Waals surface area contributed by atoms with Gasteiger partial charge in [0.2, 0.25) is 0 Å². The number of hydrogen-bond acceptors (Lipinski definition) is 0. The van der Waals surface area contributed by atoms with Crippen molar-refractivity contribution in [2.24, 2.45) is 0 Å². The van der Waals surface area contributed by atoms with Crippen molar-refractivity contribution in [3.05, 3.63) is 0 Å². The maximum Gasteiger partial charge on any atom is 0.192 e. The molecule has 0 aliphatic carbocycles. The third-order valence-corrected chi connectivity index (χ3v) is 4.81. The van der Waals surface area contributed by atoms with E-state index in [9.17, 15) is 0 Å². The van der Waals surface area contributed by atoms with E-state index in [4.69, 9.17) is 92.8 Å². The maximum atomic E-state index is 5.88. The van der Waals surface area contributed by atoms with Crippen LogP contribution < -0.4 is 0 Å². The first-order valence-corrected chi connectivity index (χ1v) is 6.69. The summed E-state index contributed by atoms with van der Waals surface area (Å²) in [6.07, 6.45) is -0.0215. The van der Waals surface area contributed by atoms with Crippen LogP contribution in [0.1, 0.15) is 6.42 Å². The predicted molar refractivity (Wildman–Crippen MR) is 69.3 cm³/mol. The van der Waals surface area contributed by atoms with Crippen LogP contribution in [0.5, 0.6) is 0 Å². The summed E-state index contributed by atoms with van der Waals surface area (Å²) >= 11 is 45.5. The molecule has 86 valence electrons. The van der Waals surface area contributed by atoms with Gasteiger partial charge in [0.15, 0.2) is 8.13 Å². The van der Waals surface area contributed by atoms with Crippen LogP contribution in [0, 0.1) is 0 Å². The molecule has 0 radical (unpaired) electrons. The van der Waals surface area contributed by atoms with Gasteiger partial charge in [0, 0.05) is 12.3 Å². The lowest BCUT2D eigenvalue weighted by Crippen LogP contribution is -2.39. The first kappa shape index (κ1) is 16.3. The second kappa shape index (κ2) is 6.31. The normalized spacial score (nSPS) is 18.0. The summed E-state index contributed by atoms with van der Waals surface area (Å²) in [4.78, 5) is 0. The van der Waals surface area contributed by atoms with Crippen LogP contribution in [-0.4, -0.2) is 24.8 Å². The van der Waals surface area contributed by atoms with E-state index in [0.29, 0.717) is 0 Å². The predicted octanol–water partition coefficient (Wildman–Crippen LogP) is 5.37. The molecule has 0 fully saturated rings. The Balaban J connectivity index is 4.43. The van der Waals surface area contributed by atoms with Crippen LogP contribution >= 0.6 is 92.8 Å². The van der Waals surface area contributed by atoms with Crippen molar-refractivity contribution < 1.29 is 0 Å². The lowest BCUT2D eigenvalue weighted by atomic mass is 10.2. The Morgan fingerprint density at radius 2 is 1.29 bits per heavy atom. The summed E-state index contributed by atoms with van der Waals surface area (Å²) in [6, 6.07) is 0. The molecule has 0 aromatic carbocycles. The maximum absolute atomic E-state index is 5.88. The molecule has 0 bridgehead atoms. The Morgan fingerprint density at radius 1 is 0.857 bits per heavy atom. The molecule has 0 aromatic heterocycles. The first-order valence-electron chi connectivity index (χ1n) is 3.40. The van der Waals surface area contributed by atoms with Gasteiger partial charge in [-0.25, -0.2) is 0 Å². The van der Waals surface area contributed by atoms with Crippen molar-refractivity contribution in [3.8, 4) is 0 Å². The van der Waals surface area contributed by atoms with Crippen LogP contribution in [0.2, 0.25) is 0 Å². The van der Waals surface area contributed by atoms with E-state index in [2.05, 4.69) is 0 Å². The fourth-order valence-corrected chi connectivity index (χ4v) is 2.65. The van der Waals surface area contributed by atoms with E-state index in [1.807, 2.05) is 0 Å². The van der Waals surface area contributed by atoms with Gasteiger partial charge in [0.05, 0.1) is 10.8 Å². The van der Waals surface area contributed by atoms with Gasteiger partial charge in [0.25, 0.3) is 0 Å². The topological polar surface area (TPSA) is 0 Å². The molecule has 8 heteroatoms. The minimum atomic E-state index is -1.52. The fourth-order valence-electron chi connectivity index (χ4n) is 0.638. The van der Waals surface area contributed by atoms with Crippen LogP contribution in [0.15, 0.2) is 0 Å². The molecule has 0 rings (SSSR count). The molecule has 0 aliphatic rings. The minimum absolute atomic E-state index is 0.0215. The van der Waals surface area contributed by atoms with Crippen LogP contribution in [0.25, 0.3) is 0 Å². The Bertz CT molecular complexity index is 173. The van der Waals surface area contributed by atoms with Gasteiger partial charge in [-0.2, -0.15) is 0 Å². The third kappa shape index (κ3) is 5.59. The van der Waals surface area contributed by atoms with Crippen molar-refractivity contribution >= 4 is 92.8 Å². The van der Waals surface area contributed by atoms with Gasteiger partial charge in [-0.05, 0) is 0 Å². The van der Waals surface area contributed by atoms with Gasteiger partial charge >= 0.3 is 0 Å². The Kier molecular flexibility index (Phi) is 7.35. The number of rotatable bonds is 4. The largest absolute Gasteiger partial charge is 0.192 e. The average Bonchev–Trinajstić information content (AvgIpc) is 1.99. The molecule has 0 amide bonds. The monoisotopic (exact) mass is 358 g/mol.